The topological polar surface area (TPSA) is 83.8 Å². The second-order valence-corrected chi connectivity index (χ2v) is 5.92. The SMILES string of the molecule is Cc1oc(Cl)c(C)c1-c1c(-c2ccc(O)cc2F)nn(C)c1C=NO. The molecular weight excluding hydrogens is 349 g/mol. The zero-order valence-corrected chi connectivity index (χ0v) is 14.5. The summed E-state index contributed by atoms with van der Waals surface area (Å²) in [7, 11) is 1.65. The number of halogens is 2. The molecule has 130 valence electrons. The Morgan fingerprint density at radius 1 is 1.32 bits per heavy atom. The molecule has 2 heterocycles. The summed E-state index contributed by atoms with van der Waals surface area (Å²) >= 11 is 6.09. The van der Waals surface area contributed by atoms with Crippen LogP contribution in [0.15, 0.2) is 27.8 Å². The van der Waals surface area contributed by atoms with Gasteiger partial charge >= 0.3 is 0 Å². The summed E-state index contributed by atoms with van der Waals surface area (Å²) in [6.45, 7) is 3.51. The Balaban J connectivity index is 2.40. The van der Waals surface area contributed by atoms with Gasteiger partial charge in [0.05, 0.1) is 11.9 Å². The number of phenolic OH excluding ortho intramolecular Hbond substituents is 1. The van der Waals surface area contributed by atoms with Crippen LogP contribution < -0.4 is 0 Å². The maximum absolute atomic E-state index is 14.4. The maximum atomic E-state index is 14.4. The fourth-order valence-corrected chi connectivity index (χ4v) is 3.07. The molecule has 0 atom stereocenters. The number of oxime groups is 1. The minimum absolute atomic E-state index is 0.186. The fourth-order valence-electron chi connectivity index (χ4n) is 2.86. The number of hydrogen-bond acceptors (Lipinski definition) is 5. The molecular formula is C17H15ClFN3O3. The zero-order chi connectivity index (χ0) is 18.3. The van der Waals surface area contributed by atoms with Gasteiger partial charge in [-0.15, -0.1) is 0 Å². The summed E-state index contributed by atoms with van der Waals surface area (Å²) in [5, 5.41) is 26.1. The Kier molecular flexibility index (Phi) is 4.26. The average Bonchev–Trinajstić information content (AvgIpc) is 2.97. The van der Waals surface area contributed by atoms with E-state index in [-0.39, 0.29) is 16.5 Å². The minimum Gasteiger partial charge on any atom is -0.508 e. The van der Waals surface area contributed by atoms with Crippen LogP contribution in [-0.2, 0) is 7.05 Å². The van der Waals surface area contributed by atoms with Crippen molar-refractivity contribution in [1.29, 1.82) is 0 Å². The number of benzene rings is 1. The number of phenols is 1. The van der Waals surface area contributed by atoms with Crippen molar-refractivity contribution >= 4 is 17.8 Å². The van der Waals surface area contributed by atoms with E-state index < -0.39 is 5.82 Å². The van der Waals surface area contributed by atoms with Gasteiger partial charge in [0.2, 0.25) is 0 Å². The number of aromatic nitrogens is 2. The second kappa shape index (κ2) is 6.25. The summed E-state index contributed by atoms with van der Waals surface area (Å²) in [6.07, 6.45) is 1.21. The highest BCUT2D eigenvalue weighted by Gasteiger charge is 2.26. The van der Waals surface area contributed by atoms with Gasteiger partial charge in [0.1, 0.15) is 23.0 Å². The van der Waals surface area contributed by atoms with Crippen LogP contribution in [-0.4, -0.2) is 26.3 Å². The van der Waals surface area contributed by atoms with E-state index in [9.17, 15) is 9.50 Å². The Bertz CT molecular complexity index is 992. The number of rotatable bonds is 3. The van der Waals surface area contributed by atoms with Crippen molar-refractivity contribution in [1.82, 2.24) is 9.78 Å². The van der Waals surface area contributed by atoms with Crippen molar-refractivity contribution in [2.24, 2.45) is 12.2 Å². The summed E-state index contributed by atoms with van der Waals surface area (Å²) in [5.74, 6) is -0.283. The molecule has 1 aromatic carbocycles. The van der Waals surface area contributed by atoms with Crippen LogP contribution in [0.2, 0.25) is 5.22 Å². The Hall–Kier alpha value is -2.80. The molecule has 0 bridgehead atoms. The van der Waals surface area contributed by atoms with Crippen molar-refractivity contribution in [3.8, 4) is 28.1 Å². The smallest absolute Gasteiger partial charge is 0.196 e. The Morgan fingerprint density at radius 3 is 2.60 bits per heavy atom. The predicted octanol–water partition coefficient (Wildman–Crippen LogP) is 4.27. The van der Waals surface area contributed by atoms with Crippen molar-refractivity contribution in [3.05, 3.63) is 46.3 Å². The summed E-state index contributed by atoms with van der Waals surface area (Å²) in [6, 6.07) is 3.82. The lowest BCUT2D eigenvalue weighted by Gasteiger charge is -2.06. The van der Waals surface area contributed by atoms with Gasteiger partial charge in [-0.1, -0.05) is 5.16 Å². The molecule has 0 aliphatic carbocycles. The van der Waals surface area contributed by atoms with E-state index in [2.05, 4.69) is 10.3 Å². The summed E-state index contributed by atoms with van der Waals surface area (Å²) in [5.41, 5.74) is 2.80. The van der Waals surface area contributed by atoms with Crippen LogP contribution in [0.3, 0.4) is 0 Å². The average molecular weight is 364 g/mol. The quantitative estimate of drug-likeness (QED) is 0.413. The number of aromatic hydroxyl groups is 1. The molecule has 3 rings (SSSR count). The summed E-state index contributed by atoms with van der Waals surface area (Å²) in [4.78, 5) is 0. The van der Waals surface area contributed by atoms with Crippen LogP contribution in [0.25, 0.3) is 22.4 Å². The molecule has 3 aromatic rings. The van der Waals surface area contributed by atoms with Gasteiger partial charge in [-0.25, -0.2) is 4.39 Å². The van der Waals surface area contributed by atoms with E-state index in [0.29, 0.717) is 33.8 Å². The molecule has 0 aliphatic rings. The highest BCUT2D eigenvalue weighted by molar-refractivity contribution is 6.30. The molecule has 2 aromatic heterocycles. The van der Waals surface area contributed by atoms with E-state index >= 15 is 0 Å². The van der Waals surface area contributed by atoms with E-state index in [1.807, 2.05) is 0 Å². The zero-order valence-electron chi connectivity index (χ0n) is 13.7. The minimum atomic E-state index is -0.628. The monoisotopic (exact) mass is 363 g/mol. The molecule has 0 unspecified atom stereocenters. The van der Waals surface area contributed by atoms with Gasteiger partial charge in [0, 0.05) is 35.4 Å². The van der Waals surface area contributed by atoms with E-state index in [4.69, 9.17) is 21.2 Å². The van der Waals surface area contributed by atoms with E-state index in [0.717, 1.165) is 6.07 Å². The molecule has 0 fully saturated rings. The molecule has 2 N–H and O–H groups in total. The number of furan rings is 1. The van der Waals surface area contributed by atoms with Crippen molar-refractivity contribution in [2.45, 2.75) is 13.8 Å². The molecule has 6 nitrogen and oxygen atoms in total. The Morgan fingerprint density at radius 2 is 2.04 bits per heavy atom. The third-order valence-corrected chi connectivity index (χ3v) is 4.35. The normalized spacial score (nSPS) is 11.6. The first-order valence-electron chi connectivity index (χ1n) is 7.34. The molecule has 25 heavy (non-hydrogen) atoms. The van der Waals surface area contributed by atoms with Crippen LogP contribution in [0.4, 0.5) is 4.39 Å². The van der Waals surface area contributed by atoms with Gasteiger partial charge in [-0.2, -0.15) is 5.10 Å². The van der Waals surface area contributed by atoms with Crippen molar-refractivity contribution in [3.63, 3.8) is 0 Å². The molecule has 0 radical (unpaired) electrons. The fraction of sp³-hybridized carbons (Fsp3) is 0.176. The van der Waals surface area contributed by atoms with Gasteiger partial charge in [0.15, 0.2) is 5.22 Å². The number of aryl methyl sites for hydroxylation is 2. The lowest BCUT2D eigenvalue weighted by Crippen LogP contribution is -1.98. The van der Waals surface area contributed by atoms with Crippen molar-refractivity contribution < 1.29 is 19.1 Å². The highest BCUT2D eigenvalue weighted by Crippen LogP contribution is 2.41. The van der Waals surface area contributed by atoms with Gasteiger partial charge in [-0.3, -0.25) is 4.68 Å². The molecule has 8 heteroatoms. The van der Waals surface area contributed by atoms with Crippen LogP contribution >= 0.6 is 11.6 Å². The van der Waals surface area contributed by atoms with Gasteiger partial charge in [0.25, 0.3) is 0 Å². The molecule has 0 spiro atoms. The second-order valence-electron chi connectivity index (χ2n) is 5.57. The van der Waals surface area contributed by atoms with Gasteiger partial charge < -0.3 is 14.7 Å². The van der Waals surface area contributed by atoms with E-state index in [1.54, 1.807) is 20.9 Å². The number of nitrogens with zero attached hydrogens (tertiary/aromatic N) is 3. The van der Waals surface area contributed by atoms with Gasteiger partial charge in [-0.05, 0) is 37.6 Å². The standard InChI is InChI=1S/C17H15ClFN3O3/c1-8-14(9(2)25-17(8)18)15-13(7-20-24)22(3)21-16(15)11-5-4-10(23)6-12(11)19/h4-7,23-24H,1-3H3. The van der Waals surface area contributed by atoms with Crippen LogP contribution in [0, 0.1) is 19.7 Å². The number of hydrogen-bond donors (Lipinski definition) is 2. The molecule has 0 saturated carbocycles. The predicted molar refractivity (Wildman–Crippen MR) is 91.8 cm³/mol. The van der Waals surface area contributed by atoms with E-state index in [1.165, 1.54) is 23.0 Å². The first kappa shape index (κ1) is 17.0. The first-order chi connectivity index (χ1) is 11.8. The van der Waals surface area contributed by atoms with Crippen LogP contribution in [0.1, 0.15) is 17.0 Å². The largest absolute Gasteiger partial charge is 0.508 e. The first-order valence-corrected chi connectivity index (χ1v) is 7.72. The van der Waals surface area contributed by atoms with Crippen molar-refractivity contribution in [2.75, 3.05) is 0 Å². The van der Waals surface area contributed by atoms with Crippen LogP contribution in [0.5, 0.6) is 5.75 Å². The molecule has 0 saturated heterocycles. The molecule has 0 aliphatic heterocycles. The Labute approximate surface area is 147 Å². The third kappa shape index (κ3) is 2.76. The summed E-state index contributed by atoms with van der Waals surface area (Å²) < 4.78 is 21.4. The third-order valence-electron chi connectivity index (χ3n) is 3.99. The maximum Gasteiger partial charge on any atom is 0.196 e. The lowest BCUT2D eigenvalue weighted by molar-refractivity contribution is 0.321. The lowest BCUT2D eigenvalue weighted by atomic mass is 9.96. The highest BCUT2D eigenvalue weighted by atomic mass is 35.5. The molecule has 0 amide bonds.